The number of nitrogens with zero attached hydrogens (tertiary/aromatic N) is 5. The Morgan fingerprint density at radius 3 is 2.56 bits per heavy atom. The van der Waals surface area contributed by atoms with Crippen LogP contribution in [0.1, 0.15) is 31.4 Å². The number of hydrogen-bond donors (Lipinski definition) is 1. The second-order valence-corrected chi connectivity index (χ2v) is 7.00. The highest BCUT2D eigenvalue weighted by Gasteiger charge is 2.27. The SMILES string of the molecule is c1ccc(CN2CC(Nc3nccc(N4CCCCCC4)n3)C2)nc1. The standard InChI is InChI=1S/C19H26N6/c1-2-6-12-25(11-5-1)18-8-10-21-19(23-18)22-17-14-24(15-17)13-16-7-3-4-9-20-16/h3-4,7-10,17H,1-2,5-6,11-15H2,(H,21,22,23). The fourth-order valence-electron chi connectivity index (χ4n) is 3.59. The second-order valence-electron chi connectivity index (χ2n) is 7.00. The van der Waals surface area contributed by atoms with Gasteiger partial charge in [0.05, 0.1) is 11.7 Å². The van der Waals surface area contributed by atoms with Gasteiger partial charge in [-0.05, 0) is 31.0 Å². The first-order valence-corrected chi connectivity index (χ1v) is 9.33. The van der Waals surface area contributed by atoms with Gasteiger partial charge in [-0.3, -0.25) is 9.88 Å². The summed E-state index contributed by atoms with van der Waals surface area (Å²) in [5.41, 5.74) is 1.13. The molecule has 4 rings (SSSR count). The van der Waals surface area contributed by atoms with Crippen LogP contribution in [-0.2, 0) is 6.54 Å². The smallest absolute Gasteiger partial charge is 0.224 e. The minimum absolute atomic E-state index is 0.420. The Morgan fingerprint density at radius 1 is 0.960 bits per heavy atom. The van der Waals surface area contributed by atoms with Crippen molar-refractivity contribution in [2.24, 2.45) is 0 Å². The number of rotatable bonds is 5. The Balaban J connectivity index is 1.29. The largest absolute Gasteiger partial charge is 0.356 e. The fraction of sp³-hybridized carbons (Fsp3) is 0.526. The van der Waals surface area contributed by atoms with Gasteiger partial charge in [-0.25, -0.2) is 4.98 Å². The van der Waals surface area contributed by atoms with E-state index in [0.29, 0.717) is 6.04 Å². The summed E-state index contributed by atoms with van der Waals surface area (Å²) in [5.74, 6) is 1.81. The summed E-state index contributed by atoms with van der Waals surface area (Å²) < 4.78 is 0. The highest BCUT2D eigenvalue weighted by Crippen LogP contribution is 2.20. The molecule has 2 aromatic heterocycles. The van der Waals surface area contributed by atoms with Crippen molar-refractivity contribution in [2.45, 2.75) is 38.3 Å². The van der Waals surface area contributed by atoms with Crippen LogP contribution in [0.15, 0.2) is 36.7 Å². The van der Waals surface area contributed by atoms with Crippen molar-refractivity contribution < 1.29 is 0 Å². The molecule has 2 saturated heterocycles. The van der Waals surface area contributed by atoms with Crippen molar-refractivity contribution in [2.75, 3.05) is 36.4 Å². The molecule has 4 heterocycles. The summed E-state index contributed by atoms with van der Waals surface area (Å²) in [7, 11) is 0. The first-order chi connectivity index (χ1) is 12.4. The van der Waals surface area contributed by atoms with Gasteiger partial charge in [0, 0.05) is 45.1 Å². The Hall–Kier alpha value is -2.21. The van der Waals surface area contributed by atoms with Crippen molar-refractivity contribution in [1.82, 2.24) is 19.9 Å². The van der Waals surface area contributed by atoms with Crippen LogP contribution in [0, 0.1) is 0 Å². The molecular formula is C19H26N6. The Kier molecular flexibility index (Phi) is 5.06. The minimum Gasteiger partial charge on any atom is -0.356 e. The molecule has 132 valence electrons. The molecule has 0 aromatic carbocycles. The molecule has 0 atom stereocenters. The summed E-state index contributed by atoms with van der Waals surface area (Å²) >= 11 is 0. The Morgan fingerprint density at radius 2 is 1.80 bits per heavy atom. The fourth-order valence-corrected chi connectivity index (χ4v) is 3.59. The quantitative estimate of drug-likeness (QED) is 0.904. The number of hydrogen-bond acceptors (Lipinski definition) is 6. The molecule has 0 saturated carbocycles. The van der Waals surface area contributed by atoms with E-state index in [9.17, 15) is 0 Å². The first-order valence-electron chi connectivity index (χ1n) is 9.33. The van der Waals surface area contributed by atoms with Gasteiger partial charge < -0.3 is 10.2 Å². The summed E-state index contributed by atoms with van der Waals surface area (Å²) in [6.07, 6.45) is 8.92. The molecule has 0 bridgehead atoms. The molecule has 0 unspecified atom stereocenters. The zero-order chi connectivity index (χ0) is 16.9. The van der Waals surface area contributed by atoms with Crippen LogP contribution in [0.25, 0.3) is 0 Å². The highest BCUT2D eigenvalue weighted by molar-refractivity contribution is 5.43. The molecule has 2 aliphatic rings. The molecule has 1 N–H and O–H groups in total. The number of aromatic nitrogens is 3. The van der Waals surface area contributed by atoms with E-state index < -0.39 is 0 Å². The lowest BCUT2D eigenvalue weighted by molar-refractivity contribution is 0.151. The van der Waals surface area contributed by atoms with Gasteiger partial charge in [-0.2, -0.15) is 4.98 Å². The lowest BCUT2D eigenvalue weighted by atomic mass is 10.1. The molecule has 2 aromatic rings. The van der Waals surface area contributed by atoms with Gasteiger partial charge in [-0.1, -0.05) is 18.9 Å². The van der Waals surface area contributed by atoms with Crippen LogP contribution in [0.2, 0.25) is 0 Å². The molecular weight excluding hydrogens is 312 g/mol. The molecule has 6 nitrogen and oxygen atoms in total. The summed E-state index contributed by atoms with van der Waals surface area (Å²) in [5, 5.41) is 3.48. The maximum atomic E-state index is 4.74. The van der Waals surface area contributed by atoms with Gasteiger partial charge in [0.2, 0.25) is 5.95 Å². The zero-order valence-electron chi connectivity index (χ0n) is 14.6. The topological polar surface area (TPSA) is 57.2 Å². The molecule has 6 heteroatoms. The van der Waals surface area contributed by atoms with Crippen LogP contribution in [0.3, 0.4) is 0 Å². The lowest BCUT2D eigenvalue weighted by Crippen LogP contribution is -2.54. The van der Waals surface area contributed by atoms with Gasteiger partial charge >= 0.3 is 0 Å². The van der Waals surface area contributed by atoms with E-state index in [1.54, 1.807) is 0 Å². The third-order valence-corrected chi connectivity index (χ3v) is 4.97. The molecule has 0 amide bonds. The van der Waals surface area contributed by atoms with Crippen molar-refractivity contribution >= 4 is 11.8 Å². The summed E-state index contributed by atoms with van der Waals surface area (Å²) in [4.78, 5) is 18.3. The average Bonchev–Trinajstić information content (AvgIpc) is 2.90. The molecule has 2 fully saturated rings. The van der Waals surface area contributed by atoms with Crippen LogP contribution in [0.4, 0.5) is 11.8 Å². The van der Waals surface area contributed by atoms with Crippen molar-refractivity contribution in [3.05, 3.63) is 42.4 Å². The second kappa shape index (κ2) is 7.78. The monoisotopic (exact) mass is 338 g/mol. The molecule has 25 heavy (non-hydrogen) atoms. The normalized spacial score (nSPS) is 19.3. The molecule has 0 radical (unpaired) electrons. The highest BCUT2D eigenvalue weighted by atomic mass is 15.3. The lowest BCUT2D eigenvalue weighted by Gasteiger charge is -2.39. The van der Waals surface area contributed by atoms with Gasteiger partial charge in [0.25, 0.3) is 0 Å². The summed E-state index contributed by atoms with van der Waals surface area (Å²) in [6, 6.07) is 8.53. The van der Waals surface area contributed by atoms with Crippen LogP contribution >= 0.6 is 0 Å². The van der Waals surface area contributed by atoms with E-state index in [2.05, 4.69) is 31.2 Å². The third-order valence-electron chi connectivity index (χ3n) is 4.97. The van der Waals surface area contributed by atoms with Crippen LogP contribution < -0.4 is 10.2 Å². The first kappa shape index (κ1) is 16.3. The van der Waals surface area contributed by atoms with E-state index >= 15 is 0 Å². The Bertz CT molecular complexity index is 663. The minimum atomic E-state index is 0.420. The predicted octanol–water partition coefficient (Wildman–Crippen LogP) is 2.55. The van der Waals surface area contributed by atoms with E-state index in [1.807, 2.05) is 30.6 Å². The summed E-state index contributed by atoms with van der Waals surface area (Å²) in [6.45, 7) is 5.14. The van der Waals surface area contributed by atoms with Crippen LogP contribution in [0.5, 0.6) is 0 Å². The number of likely N-dealkylation sites (tertiary alicyclic amines) is 1. The van der Waals surface area contributed by atoms with Crippen molar-refractivity contribution in [3.63, 3.8) is 0 Å². The Labute approximate surface area is 149 Å². The number of nitrogens with one attached hydrogen (secondary N) is 1. The van der Waals surface area contributed by atoms with Gasteiger partial charge in [-0.15, -0.1) is 0 Å². The van der Waals surface area contributed by atoms with E-state index in [-0.39, 0.29) is 0 Å². The van der Waals surface area contributed by atoms with Crippen LogP contribution in [-0.4, -0.2) is 52.1 Å². The maximum absolute atomic E-state index is 4.74. The molecule has 0 aliphatic carbocycles. The van der Waals surface area contributed by atoms with E-state index in [0.717, 1.165) is 50.2 Å². The predicted molar refractivity (Wildman–Crippen MR) is 99.6 cm³/mol. The molecule has 0 spiro atoms. The molecule has 2 aliphatic heterocycles. The van der Waals surface area contributed by atoms with E-state index in [4.69, 9.17) is 4.98 Å². The average molecular weight is 338 g/mol. The maximum Gasteiger partial charge on any atom is 0.224 e. The number of anilines is 2. The van der Waals surface area contributed by atoms with Crippen molar-refractivity contribution in [1.29, 1.82) is 0 Å². The van der Waals surface area contributed by atoms with E-state index in [1.165, 1.54) is 25.7 Å². The van der Waals surface area contributed by atoms with Gasteiger partial charge in [0.15, 0.2) is 0 Å². The number of pyridine rings is 1. The van der Waals surface area contributed by atoms with Crippen molar-refractivity contribution in [3.8, 4) is 0 Å². The third kappa shape index (κ3) is 4.25. The zero-order valence-corrected chi connectivity index (χ0v) is 14.6. The van der Waals surface area contributed by atoms with Gasteiger partial charge in [0.1, 0.15) is 5.82 Å².